The fraction of sp³-hybridized carbons (Fsp3) is 0.100. The summed E-state index contributed by atoms with van der Waals surface area (Å²) in [6.45, 7) is 0. The number of aromatic nitrogens is 2. The van der Waals surface area contributed by atoms with Crippen molar-refractivity contribution in [2.75, 3.05) is 0 Å². The number of alkyl halides is 1. The molecule has 1 heterocycles. The Hall–Kier alpha value is -0.990. The summed E-state index contributed by atoms with van der Waals surface area (Å²) in [4.78, 5) is 3.96. The molecule has 0 N–H and O–H groups in total. The van der Waals surface area contributed by atoms with E-state index in [0.717, 1.165) is 11.3 Å². The van der Waals surface area contributed by atoms with Gasteiger partial charge in [-0.3, -0.25) is 0 Å². The molecule has 2 rings (SSSR count). The van der Waals surface area contributed by atoms with E-state index >= 15 is 0 Å². The van der Waals surface area contributed by atoms with Gasteiger partial charge >= 0.3 is 0 Å². The topological polar surface area (TPSA) is 17.8 Å². The quantitative estimate of drug-likeness (QED) is 0.720. The molecule has 0 saturated carbocycles. The molecule has 1 aromatic heterocycles. The van der Waals surface area contributed by atoms with Crippen LogP contribution in [0.4, 0.5) is 0 Å². The molecule has 0 atom stereocenters. The summed E-state index contributed by atoms with van der Waals surface area (Å²) in [6, 6.07) is 5.75. The second-order valence-electron chi connectivity index (χ2n) is 2.89. The summed E-state index contributed by atoms with van der Waals surface area (Å²) < 4.78 is 1.86. The second kappa shape index (κ2) is 4.03. The van der Waals surface area contributed by atoms with Crippen molar-refractivity contribution in [2.45, 2.75) is 5.88 Å². The Labute approximate surface area is 92.1 Å². The first kappa shape index (κ1) is 9.56. The first-order chi connectivity index (χ1) is 6.81. The Kier molecular flexibility index (Phi) is 2.75. The molecule has 0 aliphatic carbocycles. The van der Waals surface area contributed by atoms with Crippen molar-refractivity contribution in [3.8, 4) is 5.69 Å². The second-order valence-corrected chi connectivity index (χ2v) is 3.56. The van der Waals surface area contributed by atoms with Crippen LogP contribution in [0.3, 0.4) is 0 Å². The molecule has 0 aliphatic rings. The lowest BCUT2D eigenvalue weighted by atomic mass is 10.2. The van der Waals surface area contributed by atoms with E-state index in [1.54, 1.807) is 12.5 Å². The fourth-order valence-electron chi connectivity index (χ4n) is 1.24. The maximum atomic E-state index is 6.09. The first-order valence-electron chi connectivity index (χ1n) is 4.14. The summed E-state index contributed by atoms with van der Waals surface area (Å²) in [7, 11) is 0. The van der Waals surface area contributed by atoms with E-state index in [0.29, 0.717) is 10.9 Å². The largest absolute Gasteiger partial charge is 0.305 e. The molecule has 4 heteroatoms. The molecule has 14 heavy (non-hydrogen) atoms. The Morgan fingerprint density at radius 3 is 2.79 bits per heavy atom. The van der Waals surface area contributed by atoms with Crippen molar-refractivity contribution in [2.24, 2.45) is 0 Å². The van der Waals surface area contributed by atoms with Crippen LogP contribution in [0.15, 0.2) is 36.9 Å². The Morgan fingerprint density at radius 2 is 2.21 bits per heavy atom. The molecule has 0 radical (unpaired) electrons. The highest BCUT2D eigenvalue weighted by Crippen LogP contribution is 2.22. The van der Waals surface area contributed by atoms with Gasteiger partial charge < -0.3 is 4.57 Å². The van der Waals surface area contributed by atoms with Gasteiger partial charge in [-0.1, -0.05) is 17.7 Å². The smallest absolute Gasteiger partial charge is 0.0992 e. The molecule has 1 aromatic carbocycles. The van der Waals surface area contributed by atoms with Gasteiger partial charge in [0.15, 0.2) is 0 Å². The number of nitrogens with zero attached hydrogens (tertiary/aromatic N) is 2. The van der Waals surface area contributed by atoms with Crippen LogP contribution in [-0.2, 0) is 5.88 Å². The normalized spacial score (nSPS) is 10.4. The van der Waals surface area contributed by atoms with Crippen molar-refractivity contribution >= 4 is 23.2 Å². The standard InChI is InChI=1S/C10H8Cl2N2/c11-6-8-1-2-10(9(12)5-8)14-4-3-13-7-14/h1-5,7H,6H2. The summed E-state index contributed by atoms with van der Waals surface area (Å²) in [5.41, 5.74) is 1.93. The molecule has 0 saturated heterocycles. The molecule has 0 unspecified atom stereocenters. The van der Waals surface area contributed by atoms with Crippen LogP contribution in [0.1, 0.15) is 5.56 Å². The van der Waals surface area contributed by atoms with Crippen molar-refractivity contribution in [1.29, 1.82) is 0 Å². The molecule has 2 nitrogen and oxygen atoms in total. The van der Waals surface area contributed by atoms with Crippen LogP contribution < -0.4 is 0 Å². The van der Waals surface area contributed by atoms with Crippen LogP contribution in [0.25, 0.3) is 5.69 Å². The van der Waals surface area contributed by atoms with E-state index in [4.69, 9.17) is 23.2 Å². The lowest BCUT2D eigenvalue weighted by Crippen LogP contribution is -1.91. The van der Waals surface area contributed by atoms with Crippen molar-refractivity contribution in [3.63, 3.8) is 0 Å². The van der Waals surface area contributed by atoms with Gasteiger partial charge in [0, 0.05) is 18.3 Å². The third kappa shape index (κ3) is 1.76. The Morgan fingerprint density at radius 1 is 1.36 bits per heavy atom. The van der Waals surface area contributed by atoms with Gasteiger partial charge in [-0.05, 0) is 17.7 Å². The highest BCUT2D eigenvalue weighted by molar-refractivity contribution is 6.32. The molecule has 72 valence electrons. The van der Waals surface area contributed by atoms with E-state index in [1.165, 1.54) is 0 Å². The number of imidazole rings is 1. The lowest BCUT2D eigenvalue weighted by molar-refractivity contribution is 1.05. The Balaban J connectivity index is 2.46. The SMILES string of the molecule is ClCc1ccc(-n2ccnc2)c(Cl)c1. The van der Waals surface area contributed by atoms with Crippen LogP contribution >= 0.6 is 23.2 Å². The zero-order valence-corrected chi connectivity index (χ0v) is 8.83. The number of hydrogen-bond acceptors (Lipinski definition) is 1. The number of rotatable bonds is 2. The number of halogens is 2. The molecule has 0 fully saturated rings. The average Bonchev–Trinajstić information content (AvgIpc) is 2.70. The molecule has 0 spiro atoms. The summed E-state index contributed by atoms with van der Waals surface area (Å²) >= 11 is 11.8. The minimum Gasteiger partial charge on any atom is -0.305 e. The van der Waals surface area contributed by atoms with Crippen molar-refractivity contribution in [3.05, 3.63) is 47.5 Å². The zero-order valence-electron chi connectivity index (χ0n) is 7.32. The maximum absolute atomic E-state index is 6.09. The molecule has 0 bridgehead atoms. The molecular weight excluding hydrogens is 219 g/mol. The third-order valence-electron chi connectivity index (χ3n) is 1.95. The van der Waals surface area contributed by atoms with E-state index in [9.17, 15) is 0 Å². The average molecular weight is 227 g/mol. The van der Waals surface area contributed by atoms with Gasteiger partial charge in [0.1, 0.15) is 0 Å². The van der Waals surface area contributed by atoms with Gasteiger partial charge in [-0.2, -0.15) is 0 Å². The van der Waals surface area contributed by atoms with Crippen LogP contribution in [0.5, 0.6) is 0 Å². The van der Waals surface area contributed by atoms with Gasteiger partial charge in [0.2, 0.25) is 0 Å². The lowest BCUT2D eigenvalue weighted by Gasteiger charge is -2.05. The Bertz CT molecular complexity index is 424. The molecular formula is C10H8Cl2N2. The summed E-state index contributed by atoms with van der Waals surface area (Å²) in [5.74, 6) is 0.476. The van der Waals surface area contributed by atoms with Crippen LogP contribution in [-0.4, -0.2) is 9.55 Å². The predicted octanol–water partition coefficient (Wildman–Crippen LogP) is 3.26. The first-order valence-corrected chi connectivity index (χ1v) is 5.05. The van der Waals surface area contributed by atoms with E-state index in [-0.39, 0.29) is 0 Å². The van der Waals surface area contributed by atoms with E-state index in [2.05, 4.69) is 4.98 Å². The molecule has 2 aromatic rings. The van der Waals surface area contributed by atoms with Crippen LogP contribution in [0.2, 0.25) is 5.02 Å². The molecule has 0 aliphatic heterocycles. The number of hydrogen-bond donors (Lipinski definition) is 0. The van der Waals surface area contributed by atoms with Crippen LogP contribution in [0, 0.1) is 0 Å². The van der Waals surface area contributed by atoms with Crippen molar-refractivity contribution in [1.82, 2.24) is 9.55 Å². The molecule has 0 amide bonds. The van der Waals surface area contributed by atoms with E-state index in [1.807, 2.05) is 29.0 Å². The summed E-state index contributed by atoms with van der Waals surface area (Å²) in [5, 5.41) is 0.682. The number of benzene rings is 1. The van der Waals surface area contributed by atoms with E-state index < -0.39 is 0 Å². The zero-order chi connectivity index (χ0) is 9.97. The third-order valence-corrected chi connectivity index (χ3v) is 2.56. The van der Waals surface area contributed by atoms with Gasteiger partial charge in [0.25, 0.3) is 0 Å². The van der Waals surface area contributed by atoms with Gasteiger partial charge in [-0.15, -0.1) is 11.6 Å². The highest BCUT2D eigenvalue weighted by Gasteiger charge is 2.02. The maximum Gasteiger partial charge on any atom is 0.0992 e. The predicted molar refractivity (Wildman–Crippen MR) is 58.1 cm³/mol. The summed E-state index contributed by atoms with van der Waals surface area (Å²) in [6.07, 6.45) is 5.27. The van der Waals surface area contributed by atoms with Gasteiger partial charge in [-0.25, -0.2) is 4.98 Å². The fourth-order valence-corrected chi connectivity index (χ4v) is 1.71. The van der Waals surface area contributed by atoms with Gasteiger partial charge in [0.05, 0.1) is 17.0 Å². The minimum absolute atomic E-state index is 0.476. The minimum atomic E-state index is 0.476. The highest BCUT2D eigenvalue weighted by atomic mass is 35.5. The van der Waals surface area contributed by atoms with Crippen molar-refractivity contribution < 1.29 is 0 Å². The monoisotopic (exact) mass is 226 g/mol.